The molecule has 1 aliphatic rings. The molecule has 2 atom stereocenters. The number of halogens is 1. The van der Waals surface area contributed by atoms with E-state index in [-0.39, 0.29) is 12.5 Å². The van der Waals surface area contributed by atoms with Crippen molar-refractivity contribution in [1.29, 1.82) is 0 Å². The molecule has 1 saturated carbocycles. The molecule has 2 rings (SSSR count). The van der Waals surface area contributed by atoms with Crippen molar-refractivity contribution in [2.75, 3.05) is 6.61 Å². The Kier molecular flexibility index (Phi) is 2.56. The number of carboxylic acid groups (broad SMARTS) is 1. The number of aliphatic carboxylic acids is 1. The van der Waals surface area contributed by atoms with Crippen molar-refractivity contribution in [2.24, 2.45) is 5.41 Å². The molecule has 0 bridgehead atoms. The van der Waals surface area contributed by atoms with Crippen molar-refractivity contribution in [1.82, 2.24) is 0 Å². The number of aliphatic hydroxyl groups excluding tert-OH is 1. The molecular formula is C11H11BrO3. The molecule has 1 aromatic rings. The molecule has 4 heteroatoms. The Labute approximate surface area is 95.9 Å². The molecule has 0 heterocycles. The molecule has 0 radical (unpaired) electrons. The molecule has 0 amide bonds. The van der Waals surface area contributed by atoms with Crippen LogP contribution in [0.3, 0.4) is 0 Å². The van der Waals surface area contributed by atoms with Gasteiger partial charge in [-0.2, -0.15) is 0 Å². The summed E-state index contributed by atoms with van der Waals surface area (Å²) in [5, 5.41) is 18.2. The first-order valence-electron chi connectivity index (χ1n) is 4.70. The van der Waals surface area contributed by atoms with Crippen LogP contribution in [0.25, 0.3) is 0 Å². The van der Waals surface area contributed by atoms with Gasteiger partial charge in [0.1, 0.15) is 0 Å². The van der Waals surface area contributed by atoms with E-state index in [1.165, 1.54) is 0 Å². The minimum Gasteiger partial charge on any atom is -0.481 e. The van der Waals surface area contributed by atoms with Crippen LogP contribution in [0.1, 0.15) is 17.9 Å². The number of carboxylic acids is 1. The largest absolute Gasteiger partial charge is 0.481 e. The van der Waals surface area contributed by atoms with E-state index >= 15 is 0 Å². The van der Waals surface area contributed by atoms with Crippen LogP contribution >= 0.6 is 15.9 Å². The Hall–Kier alpha value is -0.870. The van der Waals surface area contributed by atoms with Crippen molar-refractivity contribution in [3.8, 4) is 0 Å². The van der Waals surface area contributed by atoms with Crippen molar-refractivity contribution >= 4 is 21.9 Å². The van der Waals surface area contributed by atoms with Gasteiger partial charge in [0, 0.05) is 10.4 Å². The highest BCUT2D eigenvalue weighted by molar-refractivity contribution is 9.10. The smallest absolute Gasteiger partial charge is 0.312 e. The summed E-state index contributed by atoms with van der Waals surface area (Å²) in [5.41, 5.74) is 0.0293. The van der Waals surface area contributed by atoms with Crippen molar-refractivity contribution in [3.05, 3.63) is 34.3 Å². The van der Waals surface area contributed by atoms with E-state index in [1.807, 2.05) is 24.3 Å². The zero-order chi connectivity index (χ0) is 11.1. The minimum atomic E-state index is -0.944. The maximum absolute atomic E-state index is 11.0. The van der Waals surface area contributed by atoms with Gasteiger partial charge in [0.2, 0.25) is 0 Å². The van der Waals surface area contributed by atoms with Crippen LogP contribution in [-0.4, -0.2) is 22.8 Å². The van der Waals surface area contributed by atoms with Crippen LogP contribution in [0, 0.1) is 5.41 Å². The Morgan fingerprint density at radius 2 is 2.33 bits per heavy atom. The Morgan fingerprint density at radius 3 is 2.80 bits per heavy atom. The summed E-state index contributed by atoms with van der Waals surface area (Å²) in [6.45, 7) is -0.292. The number of carbonyl (C=O) groups is 1. The number of hydrogen-bond donors (Lipinski definition) is 2. The lowest BCUT2D eigenvalue weighted by molar-refractivity contribution is -0.145. The first-order chi connectivity index (χ1) is 7.10. The average Bonchev–Trinajstić information content (AvgIpc) is 2.93. The van der Waals surface area contributed by atoms with E-state index in [4.69, 9.17) is 10.2 Å². The number of rotatable bonds is 3. The summed E-state index contributed by atoms with van der Waals surface area (Å²) in [7, 11) is 0. The molecule has 3 nitrogen and oxygen atoms in total. The molecule has 1 aliphatic carbocycles. The normalized spacial score (nSPS) is 28.8. The van der Waals surface area contributed by atoms with Gasteiger partial charge in [0.25, 0.3) is 0 Å². The highest BCUT2D eigenvalue weighted by Gasteiger charge is 2.60. The van der Waals surface area contributed by atoms with Gasteiger partial charge in [-0.25, -0.2) is 0 Å². The predicted octanol–water partition coefficient (Wildman–Crippen LogP) is 2.00. The molecule has 80 valence electrons. The molecule has 1 aromatic carbocycles. The molecule has 0 aromatic heterocycles. The summed E-state index contributed by atoms with van der Waals surface area (Å²) >= 11 is 3.34. The van der Waals surface area contributed by atoms with Crippen LogP contribution in [0.4, 0.5) is 0 Å². The number of hydrogen-bond acceptors (Lipinski definition) is 2. The van der Waals surface area contributed by atoms with Gasteiger partial charge in [-0.1, -0.05) is 28.1 Å². The zero-order valence-corrected chi connectivity index (χ0v) is 9.57. The molecule has 0 saturated heterocycles. The van der Waals surface area contributed by atoms with Gasteiger partial charge in [0.05, 0.1) is 12.0 Å². The van der Waals surface area contributed by atoms with Crippen LogP contribution in [-0.2, 0) is 4.79 Å². The van der Waals surface area contributed by atoms with E-state index < -0.39 is 11.4 Å². The van der Waals surface area contributed by atoms with E-state index in [2.05, 4.69) is 15.9 Å². The topological polar surface area (TPSA) is 57.5 Å². The lowest BCUT2D eigenvalue weighted by atomic mass is 10.0. The summed E-state index contributed by atoms with van der Waals surface area (Å²) in [6.07, 6.45) is 0.523. The maximum Gasteiger partial charge on any atom is 0.312 e. The molecule has 1 fully saturated rings. The SMILES string of the molecule is O=C(O)C1(CO)CC1c1cccc(Br)c1. The molecular weight excluding hydrogens is 260 g/mol. The molecule has 0 spiro atoms. The molecule has 2 N–H and O–H groups in total. The Balaban J connectivity index is 2.26. The highest BCUT2D eigenvalue weighted by atomic mass is 79.9. The van der Waals surface area contributed by atoms with Crippen LogP contribution < -0.4 is 0 Å². The third kappa shape index (κ3) is 1.68. The second-order valence-corrected chi connectivity index (χ2v) is 4.85. The van der Waals surface area contributed by atoms with Gasteiger partial charge in [-0.3, -0.25) is 4.79 Å². The van der Waals surface area contributed by atoms with Crippen LogP contribution in [0.5, 0.6) is 0 Å². The fourth-order valence-electron chi connectivity index (χ4n) is 1.94. The van der Waals surface area contributed by atoms with Gasteiger partial charge in [-0.15, -0.1) is 0 Å². The van der Waals surface area contributed by atoms with Gasteiger partial charge < -0.3 is 10.2 Å². The second kappa shape index (κ2) is 3.61. The zero-order valence-electron chi connectivity index (χ0n) is 7.98. The first-order valence-corrected chi connectivity index (χ1v) is 5.49. The highest BCUT2D eigenvalue weighted by Crippen LogP contribution is 2.59. The quantitative estimate of drug-likeness (QED) is 0.884. The molecule has 2 unspecified atom stereocenters. The van der Waals surface area contributed by atoms with Gasteiger partial charge in [-0.05, 0) is 24.1 Å². The summed E-state index contributed by atoms with van der Waals surface area (Å²) in [6, 6.07) is 7.58. The van der Waals surface area contributed by atoms with E-state index in [1.54, 1.807) is 0 Å². The van der Waals surface area contributed by atoms with E-state index in [0.717, 1.165) is 10.0 Å². The molecule has 15 heavy (non-hydrogen) atoms. The summed E-state index contributed by atoms with van der Waals surface area (Å²) in [4.78, 5) is 11.0. The minimum absolute atomic E-state index is 0.0579. The summed E-state index contributed by atoms with van der Waals surface area (Å²) in [5.74, 6) is -0.965. The third-order valence-corrected chi connectivity index (χ3v) is 3.53. The molecule has 0 aliphatic heterocycles. The van der Waals surface area contributed by atoms with Gasteiger partial charge in [0.15, 0.2) is 0 Å². The van der Waals surface area contributed by atoms with Crippen molar-refractivity contribution in [2.45, 2.75) is 12.3 Å². The average molecular weight is 271 g/mol. The Bertz CT molecular complexity index is 405. The second-order valence-electron chi connectivity index (χ2n) is 3.93. The van der Waals surface area contributed by atoms with Crippen LogP contribution in [0.15, 0.2) is 28.7 Å². The van der Waals surface area contributed by atoms with Gasteiger partial charge >= 0.3 is 5.97 Å². The fraction of sp³-hybridized carbons (Fsp3) is 0.364. The van der Waals surface area contributed by atoms with Crippen molar-refractivity contribution < 1.29 is 15.0 Å². The van der Waals surface area contributed by atoms with E-state index in [0.29, 0.717) is 6.42 Å². The summed E-state index contributed by atoms with van der Waals surface area (Å²) < 4.78 is 0.934. The Morgan fingerprint density at radius 1 is 1.60 bits per heavy atom. The monoisotopic (exact) mass is 270 g/mol. The number of benzene rings is 1. The maximum atomic E-state index is 11.0. The predicted molar refractivity (Wildman–Crippen MR) is 58.7 cm³/mol. The van der Waals surface area contributed by atoms with Crippen molar-refractivity contribution in [3.63, 3.8) is 0 Å². The lowest BCUT2D eigenvalue weighted by Gasteiger charge is -2.08. The first kappa shape index (κ1) is 10.6. The standard InChI is InChI=1S/C11H11BrO3/c12-8-3-1-2-7(4-8)9-5-11(9,6-13)10(14)15/h1-4,9,13H,5-6H2,(H,14,15). The number of aliphatic hydroxyl groups is 1. The van der Waals surface area contributed by atoms with Crippen LogP contribution in [0.2, 0.25) is 0 Å². The lowest BCUT2D eigenvalue weighted by Crippen LogP contribution is -2.21. The third-order valence-electron chi connectivity index (χ3n) is 3.03. The fourth-order valence-corrected chi connectivity index (χ4v) is 2.36. The van der Waals surface area contributed by atoms with E-state index in [9.17, 15) is 4.79 Å².